The molecule has 2 aromatic carbocycles. The van der Waals surface area contributed by atoms with Crippen LogP contribution < -0.4 is 15.4 Å². The van der Waals surface area contributed by atoms with Crippen LogP contribution in [0.2, 0.25) is 5.02 Å². The van der Waals surface area contributed by atoms with Gasteiger partial charge in [-0.15, -0.1) is 10.2 Å². The first-order chi connectivity index (χ1) is 14.5. The molecule has 30 heavy (non-hydrogen) atoms. The molecule has 11 heteroatoms. The molecular weight excluding hydrogens is 448 g/mol. The molecule has 0 aliphatic heterocycles. The highest BCUT2D eigenvalue weighted by Gasteiger charge is 2.11. The Morgan fingerprint density at radius 2 is 1.87 bits per heavy atom. The number of rotatable bonds is 8. The number of thioether (sulfide) groups is 1. The summed E-state index contributed by atoms with van der Waals surface area (Å²) in [7, 11) is 0. The van der Waals surface area contributed by atoms with Gasteiger partial charge in [-0.05, 0) is 43.3 Å². The van der Waals surface area contributed by atoms with Crippen molar-refractivity contribution in [1.82, 2.24) is 10.2 Å². The fourth-order valence-corrected chi connectivity index (χ4v) is 3.87. The van der Waals surface area contributed by atoms with Crippen LogP contribution in [0.4, 0.5) is 15.6 Å². The molecule has 0 saturated heterocycles. The van der Waals surface area contributed by atoms with Gasteiger partial charge in [0.05, 0.1) is 17.4 Å². The minimum absolute atomic E-state index is 0.145. The molecule has 0 aliphatic carbocycles. The second-order valence-corrected chi connectivity index (χ2v) is 8.22. The fraction of sp³-hybridized carbons (Fsp3) is 0.158. The van der Waals surface area contributed by atoms with Crippen LogP contribution >= 0.6 is 34.7 Å². The van der Waals surface area contributed by atoms with Crippen molar-refractivity contribution in [2.45, 2.75) is 11.3 Å². The molecule has 0 spiro atoms. The van der Waals surface area contributed by atoms with Crippen molar-refractivity contribution in [3.63, 3.8) is 0 Å². The number of halogens is 1. The average Bonchev–Trinajstić information content (AvgIpc) is 3.17. The number of amides is 2. The minimum atomic E-state index is -0.593. The molecule has 156 valence electrons. The summed E-state index contributed by atoms with van der Waals surface area (Å²) < 4.78 is 11.0. The summed E-state index contributed by atoms with van der Waals surface area (Å²) in [4.78, 5) is 23.5. The van der Waals surface area contributed by atoms with Gasteiger partial charge in [-0.2, -0.15) is 0 Å². The third-order valence-corrected chi connectivity index (χ3v) is 5.70. The average molecular weight is 465 g/mol. The maximum atomic E-state index is 12.2. The van der Waals surface area contributed by atoms with Crippen LogP contribution in [-0.4, -0.2) is 34.6 Å². The van der Waals surface area contributed by atoms with Crippen LogP contribution in [0.15, 0.2) is 52.9 Å². The first kappa shape index (κ1) is 21.9. The van der Waals surface area contributed by atoms with Crippen LogP contribution in [0.25, 0.3) is 0 Å². The summed E-state index contributed by atoms with van der Waals surface area (Å²) >= 11 is 8.46. The van der Waals surface area contributed by atoms with Crippen molar-refractivity contribution in [3.8, 4) is 11.5 Å². The van der Waals surface area contributed by atoms with E-state index in [1.54, 1.807) is 43.3 Å². The molecule has 8 nitrogen and oxygen atoms in total. The molecule has 3 rings (SSSR count). The first-order valence-corrected chi connectivity index (χ1v) is 10.9. The van der Waals surface area contributed by atoms with Gasteiger partial charge in [0.15, 0.2) is 4.34 Å². The van der Waals surface area contributed by atoms with E-state index in [-0.39, 0.29) is 18.3 Å². The molecule has 3 aromatic rings. The lowest BCUT2D eigenvalue weighted by molar-refractivity contribution is -0.113. The zero-order valence-corrected chi connectivity index (χ0v) is 18.1. The standard InChI is InChI=1S/C19H17ClN4O4S2/c1-2-27-18(26)22-17-23-24-19(30-17)29-11-16(25)21-12-7-9-13(10-8-12)28-15-6-4-3-5-14(15)20/h3-10H,2,11H2,1H3,(H,21,25)(H,22,23,26). The van der Waals surface area contributed by atoms with Gasteiger partial charge >= 0.3 is 6.09 Å². The molecule has 0 radical (unpaired) electrons. The first-order valence-electron chi connectivity index (χ1n) is 8.76. The molecule has 0 unspecified atom stereocenters. The number of carbonyl (C=O) groups is 2. The maximum absolute atomic E-state index is 12.2. The van der Waals surface area contributed by atoms with E-state index in [0.717, 1.165) is 11.3 Å². The zero-order valence-electron chi connectivity index (χ0n) is 15.8. The molecule has 0 saturated carbocycles. The molecule has 1 heterocycles. The molecule has 2 amide bonds. The van der Waals surface area contributed by atoms with Gasteiger partial charge in [-0.25, -0.2) is 4.79 Å². The van der Waals surface area contributed by atoms with E-state index >= 15 is 0 Å². The van der Waals surface area contributed by atoms with E-state index in [4.69, 9.17) is 21.1 Å². The second-order valence-electron chi connectivity index (χ2n) is 5.61. The third-order valence-electron chi connectivity index (χ3n) is 3.42. The van der Waals surface area contributed by atoms with E-state index in [2.05, 4.69) is 20.8 Å². The number of para-hydroxylation sites is 1. The van der Waals surface area contributed by atoms with Crippen molar-refractivity contribution < 1.29 is 19.1 Å². The lowest BCUT2D eigenvalue weighted by atomic mass is 10.3. The predicted molar refractivity (Wildman–Crippen MR) is 118 cm³/mol. The molecule has 0 aliphatic rings. The normalized spacial score (nSPS) is 10.3. The van der Waals surface area contributed by atoms with Gasteiger partial charge < -0.3 is 14.8 Å². The van der Waals surface area contributed by atoms with Crippen LogP contribution in [-0.2, 0) is 9.53 Å². The van der Waals surface area contributed by atoms with E-state index in [9.17, 15) is 9.59 Å². The number of anilines is 2. The Labute approximate surface area is 185 Å². The highest BCUT2D eigenvalue weighted by atomic mass is 35.5. The van der Waals surface area contributed by atoms with Gasteiger partial charge in [0.25, 0.3) is 0 Å². The Kier molecular flexibility index (Phi) is 7.89. The lowest BCUT2D eigenvalue weighted by Gasteiger charge is -2.09. The molecular formula is C19H17ClN4O4S2. The monoisotopic (exact) mass is 464 g/mol. The maximum Gasteiger partial charge on any atom is 0.413 e. The second kappa shape index (κ2) is 10.8. The van der Waals surface area contributed by atoms with E-state index in [1.807, 2.05) is 12.1 Å². The third kappa shape index (κ3) is 6.61. The van der Waals surface area contributed by atoms with Gasteiger partial charge in [-0.1, -0.05) is 46.8 Å². The topological polar surface area (TPSA) is 102 Å². The van der Waals surface area contributed by atoms with Gasteiger partial charge in [0.2, 0.25) is 11.0 Å². The van der Waals surface area contributed by atoms with Crippen molar-refractivity contribution >= 4 is 57.5 Å². The summed E-state index contributed by atoms with van der Waals surface area (Å²) in [5, 5.41) is 13.8. The van der Waals surface area contributed by atoms with Gasteiger partial charge in [0.1, 0.15) is 11.5 Å². The van der Waals surface area contributed by atoms with Crippen molar-refractivity contribution in [3.05, 3.63) is 53.6 Å². The number of benzene rings is 2. The van der Waals surface area contributed by atoms with E-state index < -0.39 is 6.09 Å². The molecule has 0 fully saturated rings. The largest absolute Gasteiger partial charge is 0.456 e. The quantitative estimate of drug-likeness (QED) is 0.345. The number of hydrogen-bond acceptors (Lipinski definition) is 8. The molecule has 0 atom stereocenters. The van der Waals surface area contributed by atoms with Crippen molar-refractivity contribution in [1.29, 1.82) is 0 Å². The minimum Gasteiger partial charge on any atom is -0.456 e. The number of carbonyl (C=O) groups excluding carboxylic acids is 2. The van der Waals surface area contributed by atoms with Gasteiger partial charge in [0, 0.05) is 5.69 Å². The summed E-state index contributed by atoms with van der Waals surface area (Å²) in [5.74, 6) is 1.10. The number of hydrogen-bond donors (Lipinski definition) is 2. The number of ether oxygens (including phenoxy) is 2. The Hall–Kier alpha value is -2.82. The molecule has 0 bridgehead atoms. The number of nitrogens with zero attached hydrogens (tertiary/aromatic N) is 2. The van der Waals surface area contributed by atoms with Gasteiger partial charge in [-0.3, -0.25) is 10.1 Å². The van der Waals surface area contributed by atoms with Crippen LogP contribution in [0, 0.1) is 0 Å². The summed E-state index contributed by atoms with van der Waals surface area (Å²) in [6.07, 6.45) is -0.593. The predicted octanol–water partition coefficient (Wildman–Crippen LogP) is 5.28. The highest BCUT2D eigenvalue weighted by molar-refractivity contribution is 8.01. The fourth-order valence-electron chi connectivity index (χ4n) is 2.16. The Balaban J connectivity index is 1.46. The molecule has 2 N–H and O–H groups in total. The number of aromatic nitrogens is 2. The van der Waals surface area contributed by atoms with E-state index in [0.29, 0.717) is 31.7 Å². The summed E-state index contributed by atoms with van der Waals surface area (Å²) in [5.41, 5.74) is 0.633. The van der Waals surface area contributed by atoms with Crippen molar-refractivity contribution in [2.75, 3.05) is 23.0 Å². The van der Waals surface area contributed by atoms with Crippen LogP contribution in [0.5, 0.6) is 11.5 Å². The Morgan fingerprint density at radius 3 is 2.60 bits per heavy atom. The summed E-state index contributed by atoms with van der Waals surface area (Å²) in [6.45, 7) is 1.97. The Bertz CT molecular complexity index is 1010. The molecule has 1 aromatic heterocycles. The smallest absolute Gasteiger partial charge is 0.413 e. The SMILES string of the molecule is CCOC(=O)Nc1nnc(SCC(=O)Nc2ccc(Oc3ccccc3Cl)cc2)s1. The Morgan fingerprint density at radius 1 is 1.10 bits per heavy atom. The highest BCUT2D eigenvalue weighted by Crippen LogP contribution is 2.29. The van der Waals surface area contributed by atoms with Crippen LogP contribution in [0.3, 0.4) is 0 Å². The lowest BCUT2D eigenvalue weighted by Crippen LogP contribution is -2.13. The summed E-state index contributed by atoms with van der Waals surface area (Å²) in [6, 6.07) is 14.1. The van der Waals surface area contributed by atoms with E-state index in [1.165, 1.54) is 11.8 Å². The number of nitrogens with one attached hydrogen (secondary N) is 2. The van der Waals surface area contributed by atoms with Crippen molar-refractivity contribution in [2.24, 2.45) is 0 Å². The van der Waals surface area contributed by atoms with Crippen LogP contribution in [0.1, 0.15) is 6.92 Å². The zero-order chi connectivity index (χ0) is 21.3.